The average Bonchev–Trinajstić information content (AvgIpc) is 2.94. The van der Waals surface area contributed by atoms with Gasteiger partial charge in [0.2, 0.25) is 0 Å². The van der Waals surface area contributed by atoms with Crippen molar-refractivity contribution >= 4 is 40.1 Å². The third-order valence-electron chi connectivity index (χ3n) is 8.14. The zero-order valence-electron chi connectivity index (χ0n) is 24.3. The number of fused-ring (bicyclic) bond motifs is 1. The molecular formula is C33H35N5S. The minimum atomic E-state index is 0.558. The number of hydrogen-bond donors (Lipinski definition) is 0. The second-order valence-corrected chi connectivity index (χ2v) is 11.2. The van der Waals surface area contributed by atoms with Crippen molar-refractivity contribution < 1.29 is 0 Å². The van der Waals surface area contributed by atoms with Crippen molar-refractivity contribution in [3.8, 4) is 11.3 Å². The first-order chi connectivity index (χ1) is 18.6. The van der Waals surface area contributed by atoms with Gasteiger partial charge >= 0.3 is 0 Å². The fraction of sp³-hybridized carbons (Fsp3) is 0.273. The van der Waals surface area contributed by atoms with Crippen molar-refractivity contribution in [3.05, 3.63) is 93.4 Å². The Hall–Kier alpha value is -3.77. The van der Waals surface area contributed by atoms with Crippen LogP contribution in [-0.2, 0) is 0 Å². The van der Waals surface area contributed by atoms with Crippen molar-refractivity contribution in [2.75, 3.05) is 11.2 Å². The van der Waals surface area contributed by atoms with Crippen molar-refractivity contribution in [1.82, 2.24) is 19.9 Å². The first-order valence-electron chi connectivity index (χ1n) is 13.2. The second kappa shape index (κ2) is 10.4. The second-order valence-electron chi connectivity index (χ2n) is 10.3. The SMILES string of the molecule is CSc1ccc(N(c2c(C)c(C)cc(C)c2C)c2c(C)c(C)c(-c3cnc4nccnc4n3)c(C)c2C)cc1. The molecule has 5 rings (SSSR count). The molecular weight excluding hydrogens is 498 g/mol. The minimum absolute atomic E-state index is 0.558. The average molecular weight is 534 g/mol. The van der Waals surface area contributed by atoms with Crippen molar-refractivity contribution in [3.63, 3.8) is 0 Å². The van der Waals surface area contributed by atoms with Gasteiger partial charge in [-0.25, -0.2) is 19.9 Å². The van der Waals surface area contributed by atoms with Gasteiger partial charge in [-0.1, -0.05) is 6.07 Å². The maximum atomic E-state index is 4.86. The van der Waals surface area contributed by atoms with E-state index in [0.29, 0.717) is 11.3 Å². The first kappa shape index (κ1) is 26.8. The normalized spacial score (nSPS) is 11.3. The van der Waals surface area contributed by atoms with Gasteiger partial charge in [-0.05, 0) is 130 Å². The van der Waals surface area contributed by atoms with E-state index < -0.39 is 0 Å². The molecule has 5 aromatic rings. The lowest BCUT2D eigenvalue weighted by atomic mass is 9.88. The molecule has 0 spiro atoms. The number of anilines is 3. The maximum Gasteiger partial charge on any atom is 0.198 e. The summed E-state index contributed by atoms with van der Waals surface area (Å²) in [5.74, 6) is 0. The van der Waals surface area contributed by atoms with E-state index in [1.165, 1.54) is 60.8 Å². The molecule has 0 bridgehead atoms. The minimum Gasteiger partial charge on any atom is -0.309 e. The molecule has 0 N–H and O–H groups in total. The molecule has 0 aliphatic heterocycles. The van der Waals surface area contributed by atoms with Gasteiger partial charge in [-0.3, -0.25) is 0 Å². The summed E-state index contributed by atoms with van der Waals surface area (Å²) in [5, 5.41) is 0. The standard InChI is InChI=1S/C33H35N5S/c1-18-16-19(2)21(4)30(20(18)3)38(26-10-12-27(39-9)13-11-26)31-24(7)22(5)29(23(6)25(31)8)28-17-36-32-33(37-28)35-15-14-34-32/h10-17H,1-9H3. The van der Waals surface area contributed by atoms with Gasteiger partial charge in [0, 0.05) is 28.5 Å². The predicted octanol–water partition coefficient (Wildman–Crippen LogP) is 8.75. The summed E-state index contributed by atoms with van der Waals surface area (Å²) >= 11 is 1.76. The Morgan fingerprint density at radius 1 is 0.615 bits per heavy atom. The summed E-state index contributed by atoms with van der Waals surface area (Å²) in [6.45, 7) is 17.7. The van der Waals surface area contributed by atoms with E-state index in [0.717, 1.165) is 16.9 Å². The number of aryl methyl sites for hydroxylation is 2. The fourth-order valence-corrected chi connectivity index (χ4v) is 5.93. The van der Waals surface area contributed by atoms with Gasteiger partial charge in [0.05, 0.1) is 23.3 Å². The van der Waals surface area contributed by atoms with E-state index in [4.69, 9.17) is 4.98 Å². The molecule has 2 heterocycles. The maximum absolute atomic E-state index is 4.86. The monoisotopic (exact) mass is 533 g/mol. The van der Waals surface area contributed by atoms with Crippen LogP contribution in [-0.4, -0.2) is 26.2 Å². The van der Waals surface area contributed by atoms with E-state index in [9.17, 15) is 0 Å². The van der Waals surface area contributed by atoms with Crippen LogP contribution in [0.5, 0.6) is 0 Å². The molecule has 0 saturated carbocycles. The Labute approximate surface area is 235 Å². The molecule has 0 aliphatic carbocycles. The molecule has 198 valence electrons. The largest absolute Gasteiger partial charge is 0.309 e. The topological polar surface area (TPSA) is 54.8 Å². The number of nitrogens with zero attached hydrogens (tertiary/aromatic N) is 5. The Balaban J connectivity index is 1.81. The number of rotatable bonds is 5. The van der Waals surface area contributed by atoms with Crippen LogP contribution < -0.4 is 4.90 Å². The lowest BCUT2D eigenvalue weighted by Crippen LogP contribution is -2.18. The molecule has 3 aromatic carbocycles. The highest BCUT2D eigenvalue weighted by Crippen LogP contribution is 2.47. The fourth-order valence-electron chi connectivity index (χ4n) is 5.52. The molecule has 0 radical (unpaired) electrons. The number of thioether (sulfide) groups is 1. The van der Waals surface area contributed by atoms with Gasteiger partial charge in [0.1, 0.15) is 0 Å². The van der Waals surface area contributed by atoms with Crippen LogP contribution in [0, 0.1) is 55.4 Å². The lowest BCUT2D eigenvalue weighted by Gasteiger charge is -2.34. The van der Waals surface area contributed by atoms with Gasteiger partial charge in [0.25, 0.3) is 0 Å². The highest BCUT2D eigenvalue weighted by molar-refractivity contribution is 7.98. The molecule has 0 saturated heterocycles. The zero-order valence-corrected chi connectivity index (χ0v) is 25.1. The van der Waals surface area contributed by atoms with Crippen LogP contribution in [0.4, 0.5) is 17.1 Å². The molecule has 0 unspecified atom stereocenters. The van der Waals surface area contributed by atoms with E-state index in [2.05, 4.69) is 112 Å². The Bertz CT molecular complexity index is 1670. The van der Waals surface area contributed by atoms with E-state index in [1.807, 2.05) is 6.20 Å². The molecule has 6 heteroatoms. The molecule has 0 aliphatic rings. The summed E-state index contributed by atoms with van der Waals surface area (Å²) in [5.41, 5.74) is 16.7. The van der Waals surface area contributed by atoms with Gasteiger partial charge in [-0.2, -0.15) is 0 Å². The van der Waals surface area contributed by atoms with Gasteiger partial charge < -0.3 is 4.90 Å². The van der Waals surface area contributed by atoms with Crippen molar-refractivity contribution in [2.45, 2.75) is 60.3 Å². The molecule has 0 fully saturated rings. The molecule has 0 amide bonds. The van der Waals surface area contributed by atoms with E-state index in [1.54, 1.807) is 24.2 Å². The van der Waals surface area contributed by atoms with Gasteiger partial charge in [0.15, 0.2) is 11.3 Å². The van der Waals surface area contributed by atoms with Crippen molar-refractivity contribution in [2.24, 2.45) is 0 Å². The first-order valence-corrected chi connectivity index (χ1v) is 14.4. The number of hydrogen-bond acceptors (Lipinski definition) is 6. The summed E-state index contributed by atoms with van der Waals surface area (Å²) in [6, 6.07) is 11.2. The lowest BCUT2D eigenvalue weighted by molar-refractivity contribution is 1.11. The number of benzene rings is 3. The van der Waals surface area contributed by atoms with Crippen LogP contribution >= 0.6 is 11.8 Å². The quantitative estimate of drug-likeness (QED) is 0.211. The summed E-state index contributed by atoms with van der Waals surface area (Å²) in [6.07, 6.45) is 7.25. The highest BCUT2D eigenvalue weighted by Gasteiger charge is 2.26. The van der Waals surface area contributed by atoms with E-state index in [-0.39, 0.29) is 0 Å². The smallest absolute Gasteiger partial charge is 0.198 e. The van der Waals surface area contributed by atoms with Crippen LogP contribution in [0.3, 0.4) is 0 Å². The Morgan fingerprint density at radius 2 is 1.15 bits per heavy atom. The van der Waals surface area contributed by atoms with Gasteiger partial charge in [-0.15, -0.1) is 11.8 Å². The molecule has 0 atom stereocenters. The summed E-state index contributed by atoms with van der Waals surface area (Å²) in [4.78, 5) is 21.8. The van der Waals surface area contributed by atoms with Crippen molar-refractivity contribution in [1.29, 1.82) is 0 Å². The van der Waals surface area contributed by atoms with Crippen LogP contribution in [0.25, 0.3) is 22.6 Å². The third-order valence-corrected chi connectivity index (χ3v) is 8.89. The molecule has 5 nitrogen and oxygen atoms in total. The van der Waals surface area contributed by atoms with Crippen LogP contribution in [0.15, 0.2) is 53.8 Å². The Morgan fingerprint density at radius 3 is 1.72 bits per heavy atom. The Kier molecular flexibility index (Phi) is 7.17. The zero-order chi connectivity index (χ0) is 28.0. The summed E-state index contributed by atoms with van der Waals surface area (Å²) < 4.78 is 0. The molecule has 39 heavy (non-hydrogen) atoms. The van der Waals surface area contributed by atoms with Crippen LogP contribution in [0.2, 0.25) is 0 Å². The number of aromatic nitrogens is 4. The van der Waals surface area contributed by atoms with Crippen LogP contribution in [0.1, 0.15) is 44.5 Å². The highest BCUT2D eigenvalue weighted by atomic mass is 32.2. The van der Waals surface area contributed by atoms with E-state index >= 15 is 0 Å². The predicted molar refractivity (Wildman–Crippen MR) is 165 cm³/mol. The summed E-state index contributed by atoms with van der Waals surface area (Å²) in [7, 11) is 0. The molecule has 2 aromatic heterocycles. The third kappa shape index (κ3) is 4.57.